The van der Waals surface area contributed by atoms with Crippen molar-refractivity contribution in [2.45, 2.75) is 25.9 Å². The highest BCUT2D eigenvalue weighted by atomic mass is 16.5. The molecule has 1 aromatic carbocycles. The molecule has 0 aliphatic heterocycles. The van der Waals surface area contributed by atoms with Crippen molar-refractivity contribution < 1.29 is 9.53 Å². The van der Waals surface area contributed by atoms with Gasteiger partial charge >= 0.3 is 0 Å². The number of aromatic nitrogens is 3. The summed E-state index contributed by atoms with van der Waals surface area (Å²) in [4.78, 5) is 23.7. The van der Waals surface area contributed by atoms with Crippen molar-refractivity contribution in [3.8, 4) is 5.75 Å². The molecule has 0 fully saturated rings. The molecule has 6 heteroatoms. The number of carbonyl (C=O) groups is 1. The van der Waals surface area contributed by atoms with E-state index in [-0.39, 0.29) is 12.0 Å². The number of carbonyl (C=O) groups excluding carboxylic acids is 1. The molecule has 0 bridgehead atoms. The Morgan fingerprint density at radius 3 is 2.96 bits per heavy atom. The minimum absolute atomic E-state index is 0.0166. The van der Waals surface area contributed by atoms with Crippen LogP contribution in [-0.4, -0.2) is 33.5 Å². The molecule has 0 aliphatic rings. The molecule has 1 atom stereocenters. The Morgan fingerprint density at radius 1 is 1.29 bits per heavy atom. The van der Waals surface area contributed by atoms with E-state index in [0.29, 0.717) is 25.1 Å². The molecule has 2 heterocycles. The standard InChI is InChI=1S/C18H20N4O2/c1-13(24-14-5-4-10-19-12-14)11-20-18(23)9-8-17-21-15-6-2-3-7-16(15)22-17/h2-7,10,12-13H,8-9,11H2,1H3,(H,20,23)(H,21,22)/t13-/m1/s1. The van der Waals surface area contributed by atoms with Crippen LogP contribution in [0.5, 0.6) is 5.75 Å². The van der Waals surface area contributed by atoms with Crippen LogP contribution in [-0.2, 0) is 11.2 Å². The molecule has 24 heavy (non-hydrogen) atoms. The number of hydrogen-bond donors (Lipinski definition) is 2. The number of aromatic amines is 1. The van der Waals surface area contributed by atoms with Gasteiger partial charge in [-0.05, 0) is 31.2 Å². The fraction of sp³-hybridized carbons (Fsp3) is 0.278. The number of amides is 1. The number of H-pyrrole nitrogens is 1. The van der Waals surface area contributed by atoms with E-state index in [1.54, 1.807) is 12.4 Å². The first-order chi connectivity index (χ1) is 11.7. The summed E-state index contributed by atoms with van der Waals surface area (Å²) in [5.74, 6) is 1.50. The summed E-state index contributed by atoms with van der Waals surface area (Å²) in [7, 11) is 0. The summed E-state index contributed by atoms with van der Waals surface area (Å²) in [6, 6.07) is 11.5. The van der Waals surface area contributed by atoms with Crippen LogP contribution in [0.2, 0.25) is 0 Å². The zero-order valence-corrected chi connectivity index (χ0v) is 13.5. The Morgan fingerprint density at radius 2 is 2.17 bits per heavy atom. The summed E-state index contributed by atoms with van der Waals surface area (Å²) < 4.78 is 5.67. The molecule has 2 N–H and O–H groups in total. The number of rotatable bonds is 7. The lowest BCUT2D eigenvalue weighted by atomic mass is 10.2. The van der Waals surface area contributed by atoms with Crippen LogP contribution in [0.3, 0.4) is 0 Å². The molecule has 124 valence electrons. The molecule has 0 spiro atoms. The zero-order valence-electron chi connectivity index (χ0n) is 13.5. The minimum Gasteiger partial charge on any atom is -0.487 e. The number of pyridine rings is 1. The van der Waals surface area contributed by atoms with E-state index in [1.807, 2.05) is 43.3 Å². The van der Waals surface area contributed by atoms with Gasteiger partial charge < -0.3 is 15.0 Å². The van der Waals surface area contributed by atoms with Crippen LogP contribution in [0.15, 0.2) is 48.8 Å². The van der Waals surface area contributed by atoms with Crippen molar-refractivity contribution in [3.05, 3.63) is 54.6 Å². The topological polar surface area (TPSA) is 79.9 Å². The number of nitrogens with one attached hydrogen (secondary N) is 2. The first-order valence-corrected chi connectivity index (χ1v) is 7.98. The van der Waals surface area contributed by atoms with Crippen molar-refractivity contribution in [3.63, 3.8) is 0 Å². The molecule has 0 unspecified atom stereocenters. The number of aryl methyl sites for hydroxylation is 1. The molecule has 0 radical (unpaired) electrons. The van der Waals surface area contributed by atoms with Crippen molar-refractivity contribution in [1.29, 1.82) is 0 Å². The second-order valence-electron chi connectivity index (χ2n) is 5.62. The van der Waals surface area contributed by atoms with Gasteiger partial charge in [0.15, 0.2) is 0 Å². The number of fused-ring (bicyclic) bond motifs is 1. The lowest BCUT2D eigenvalue weighted by molar-refractivity contribution is -0.121. The Labute approximate surface area is 140 Å². The Bertz CT molecular complexity index is 768. The smallest absolute Gasteiger partial charge is 0.220 e. The second-order valence-corrected chi connectivity index (χ2v) is 5.62. The Kier molecular flexibility index (Phi) is 5.05. The van der Waals surface area contributed by atoms with Gasteiger partial charge in [-0.3, -0.25) is 9.78 Å². The summed E-state index contributed by atoms with van der Waals surface area (Å²) in [6.45, 7) is 2.36. The van der Waals surface area contributed by atoms with Crippen LogP contribution in [0.1, 0.15) is 19.2 Å². The van der Waals surface area contributed by atoms with E-state index in [4.69, 9.17) is 4.74 Å². The lowest BCUT2D eigenvalue weighted by Gasteiger charge is -2.15. The number of hydrogen-bond acceptors (Lipinski definition) is 4. The normalized spacial score (nSPS) is 12.0. The summed E-state index contributed by atoms with van der Waals surface area (Å²) in [5.41, 5.74) is 1.91. The van der Waals surface area contributed by atoms with E-state index < -0.39 is 0 Å². The van der Waals surface area contributed by atoms with Crippen molar-refractivity contribution in [2.24, 2.45) is 0 Å². The van der Waals surface area contributed by atoms with Gasteiger partial charge in [0, 0.05) is 19.0 Å². The summed E-state index contributed by atoms with van der Waals surface area (Å²) in [5, 5.41) is 2.88. The van der Waals surface area contributed by atoms with Crippen molar-refractivity contribution in [2.75, 3.05) is 6.54 Å². The highest BCUT2D eigenvalue weighted by Crippen LogP contribution is 2.11. The quantitative estimate of drug-likeness (QED) is 0.700. The third-order valence-corrected chi connectivity index (χ3v) is 3.59. The number of imidazole rings is 1. The van der Waals surface area contributed by atoms with E-state index in [0.717, 1.165) is 16.9 Å². The molecular formula is C18H20N4O2. The maximum Gasteiger partial charge on any atom is 0.220 e. The monoisotopic (exact) mass is 324 g/mol. The van der Waals surface area contributed by atoms with Gasteiger partial charge in [0.1, 0.15) is 17.7 Å². The van der Waals surface area contributed by atoms with Crippen LogP contribution in [0, 0.1) is 0 Å². The predicted octanol–water partition coefficient (Wildman–Crippen LogP) is 2.47. The fourth-order valence-electron chi connectivity index (χ4n) is 2.39. The van der Waals surface area contributed by atoms with E-state index in [2.05, 4.69) is 20.3 Å². The minimum atomic E-state index is -0.121. The van der Waals surface area contributed by atoms with Crippen molar-refractivity contribution >= 4 is 16.9 Å². The highest BCUT2D eigenvalue weighted by molar-refractivity contribution is 5.77. The predicted molar refractivity (Wildman–Crippen MR) is 91.8 cm³/mol. The first-order valence-electron chi connectivity index (χ1n) is 7.98. The first kappa shape index (κ1) is 16.0. The van der Waals surface area contributed by atoms with Crippen molar-refractivity contribution in [1.82, 2.24) is 20.3 Å². The number of ether oxygens (including phenoxy) is 1. The number of benzene rings is 1. The molecule has 0 saturated heterocycles. The van der Waals surface area contributed by atoms with Gasteiger partial charge in [-0.1, -0.05) is 12.1 Å². The molecule has 3 rings (SSSR count). The molecule has 0 saturated carbocycles. The third-order valence-electron chi connectivity index (χ3n) is 3.59. The zero-order chi connectivity index (χ0) is 16.8. The van der Waals surface area contributed by atoms with E-state index in [9.17, 15) is 4.79 Å². The molecule has 3 aromatic rings. The molecule has 2 aromatic heterocycles. The second kappa shape index (κ2) is 7.59. The van der Waals surface area contributed by atoms with Gasteiger partial charge in [0.25, 0.3) is 0 Å². The van der Waals surface area contributed by atoms with Gasteiger partial charge in [0.2, 0.25) is 5.91 Å². The lowest BCUT2D eigenvalue weighted by Crippen LogP contribution is -2.33. The SMILES string of the molecule is C[C@H](CNC(=O)CCc1nc2ccccc2[nH]1)Oc1cccnc1. The summed E-state index contributed by atoms with van der Waals surface area (Å²) in [6.07, 6.45) is 4.19. The molecular weight excluding hydrogens is 304 g/mol. The highest BCUT2D eigenvalue weighted by Gasteiger charge is 2.09. The van der Waals surface area contributed by atoms with Crippen LogP contribution >= 0.6 is 0 Å². The van der Waals surface area contributed by atoms with Gasteiger partial charge in [-0.25, -0.2) is 4.98 Å². The molecule has 1 amide bonds. The average molecular weight is 324 g/mol. The summed E-state index contributed by atoms with van der Waals surface area (Å²) >= 11 is 0. The van der Waals surface area contributed by atoms with Crippen LogP contribution < -0.4 is 10.1 Å². The maximum absolute atomic E-state index is 12.0. The average Bonchev–Trinajstić information content (AvgIpc) is 3.02. The van der Waals surface area contributed by atoms with Gasteiger partial charge in [0.05, 0.1) is 23.8 Å². The van der Waals surface area contributed by atoms with Gasteiger partial charge in [-0.2, -0.15) is 0 Å². The Hall–Kier alpha value is -2.89. The Balaban J connectivity index is 1.42. The van der Waals surface area contributed by atoms with Crippen LogP contribution in [0.25, 0.3) is 11.0 Å². The fourth-order valence-corrected chi connectivity index (χ4v) is 2.39. The van der Waals surface area contributed by atoms with E-state index in [1.165, 1.54) is 0 Å². The maximum atomic E-state index is 12.0. The largest absolute Gasteiger partial charge is 0.487 e. The number of para-hydroxylation sites is 2. The van der Waals surface area contributed by atoms with Gasteiger partial charge in [-0.15, -0.1) is 0 Å². The number of nitrogens with zero attached hydrogens (tertiary/aromatic N) is 2. The van der Waals surface area contributed by atoms with Crippen LogP contribution in [0.4, 0.5) is 0 Å². The van der Waals surface area contributed by atoms with E-state index >= 15 is 0 Å². The molecule has 0 aliphatic carbocycles. The third kappa shape index (κ3) is 4.32. The molecule has 6 nitrogen and oxygen atoms in total.